The first kappa shape index (κ1) is 14.0. The third-order valence-electron chi connectivity index (χ3n) is 2.55. The van der Waals surface area contributed by atoms with Gasteiger partial charge in [0.05, 0.1) is 6.61 Å². The number of nitrogens with one attached hydrogen (secondary N) is 1. The third kappa shape index (κ3) is 2.94. The fourth-order valence-corrected chi connectivity index (χ4v) is 3.50. The van der Waals surface area contributed by atoms with E-state index in [1.165, 1.54) is 23.6 Å². The molecule has 0 aromatic carbocycles. The number of sulfonamides is 1. The third-order valence-corrected chi connectivity index (χ3v) is 4.96. The van der Waals surface area contributed by atoms with Crippen molar-refractivity contribution >= 4 is 26.5 Å². The Hall–Kier alpha value is -1.45. The lowest BCUT2D eigenvalue weighted by Gasteiger charge is -2.01. The molecule has 0 bridgehead atoms. The van der Waals surface area contributed by atoms with Gasteiger partial charge in [-0.15, -0.1) is 10.2 Å². The fraction of sp³-hybridized carbons (Fsp3) is 0.400. The van der Waals surface area contributed by atoms with Gasteiger partial charge in [-0.3, -0.25) is 4.72 Å². The summed E-state index contributed by atoms with van der Waals surface area (Å²) in [6, 6.07) is 1.42. The van der Waals surface area contributed by atoms with Gasteiger partial charge in [0.2, 0.25) is 5.13 Å². The molecule has 104 valence electrons. The minimum absolute atomic E-state index is 0.0901. The second-order valence-electron chi connectivity index (χ2n) is 3.90. The Balaban J connectivity index is 2.26. The normalized spacial score (nSPS) is 11.7. The quantitative estimate of drug-likeness (QED) is 0.848. The second kappa shape index (κ2) is 5.27. The van der Waals surface area contributed by atoms with Crippen LogP contribution in [0.5, 0.6) is 0 Å². The van der Waals surface area contributed by atoms with E-state index in [0.29, 0.717) is 12.1 Å². The number of rotatable bonds is 5. The van der Waals surface area contributed by atoms with Gasteiger partial charge in [-0.1, -0.05) is 18.3 Å². The van der Waals surface area contributed by atoms with Crippen molar-refractivity contribution in [2.45, 2.75) is 24.8 Å². The Morgan fingerprint density at radius 1 is 1.47 bits per heavy atom. The van der Waals surface area contributed by atoms with E-state index in [-0.39, 0.29) is 16.6 Å². The van der Waals surface area contributed by atoms with Crippen LogP contribution in [-0.4, -0.2) is 28.3 Å². The first-order valence-electron chi connectivity index (χ1n) is 5.57. The lowest BCUT2D eigenvalue weighted by atomic mass is 10.5. The number of aryl methyl sites for hydroxylation is 2. The summed E-state index contributed by atoms with van der Waals surface area (Å²) in [6.07, 6.45) is 2.15. The van der Waals surface area contributed by atoms with Crippen LogP contribution in [0.3, 0.4) is 0 Å². The summed E-state index contributed by atoms with van der Waals surface area (Å²) < 4.78 is 28.2. The average molecular weight is 302 g/mol. The molecule has 0 fully saturated rings. The molecule has 2 heterocycles. The SMILES string of the molecule is CCc1nnc(NS(=O)(=O)c2cc(CO)n(C)c2)s1. The van der Waals surface area contributed by atoms with E-state index in [1.807, 2.05) is 6.92 Å². The molecule has 0 aliphatic heterocycles. The van der Waals surface area contributed by atoms with Crippen molar-refractivity contribution in [3.05, 3.63) is 23.0 Å². The van der Waals surface area contributed by atoms with Crippen molar-refractivity contribution in [3.8, 4) is 0 Å². The van der Waals surface area contributed by atoms with Crippen molar-refractivity contribution in [2.24, 2.45) is 7.05 Å². The smallest absolute Gasteiger partial charge is 0.265 e. The first-order valence-corrected chi connectivity index (χ1v) is 7.87. The van der Waals surface area contributed by atoms with Crippen LogP contribution in [0.15, 0.2) is 17.2 Å². The molecule has 0 amide bonds. The minimum atomic E-state index is -3.69. The minimum Gasteiger partial charge on any atom is -0.390 e. The summed E-state index contributed by atoms with van der Waals surface area (Å²) in [5, 5.41) is 17.7. The Morgan fingerprint density at radius 3 is 2.74 bits per heavy atom. The maximum Gasteiger partial charge on any atom is 0.265 e. The Kier molecular flexibility index (Phi) is 3.88. The van der Waals surface area contributed by atoms with Crippen LogP contribution in [0.25, 0.3) is 0 Å². The number of hydrogen-bond acceptors (Lipinski definition) is 6. The highest BCUT2D eigenvalue weighted by Gasteiger charge is 2.19. The number of hydrogen-bond donors (Lipinski definition) is 2. The van der Waals surface area contributed by atoms with Crippen molar-refractivity contribution < 1.29 is 13.5 Å². The highest BCUT2D eigenvalue weighted by atomic mass is 32.2. The lowest BCUT2D eigenvalue weighted by molar-refractivity contribution is 0.272. The predicted molar refractivity (Wildman–Crippen MR) is 71.4 cm³/mol. The lowest BCUT2D eigenvalue weighted by Crippen LogP contribution is -2.12. The molecule has 0 saturated heterocycles. The highest BCUT2D eigenvalue weighted by Crippen LogP contribution is 2.21. The van der Waals surface area contributed by atoms with Crippen molar-refractivity contribution in [3.63, 3.8) is 0 Å². The first-order chi connectivity index (χ1) is 8.96. The van der Waals surface area contributed by atoms with Gasteiger partial charge in [-0.25, -0.2) is 8.42 Å². The zero-order chi connectivity index (χ0) is 14.0. The molecule has 2 rings (SSSR count). The van der Waals surface area contributed by atoms with E-state index in [9.17, 15) is 8.42 Å². The summed E-state index contributed by atoms with van der Waals surface area (Å²) in [6.45, 7) is 1.70. The number of aliphatic hydroxyl groups excluding tert-OH is 1. The molecule has 0 spiro atoms. The number of anilines is 1. The van der Waals surface area contributed by atoms with Crippen LogP contribution in [0.1, 0.15) is 17.6 Å². The van der Waals surface area contributed by atoms with Gasteiger partial charge in [0.25, 0.3) is 10.0 Å². The summed E-state index contributed by atoms with van der Waals surface area (Å²) in [5.41, 5.74) is 0.520. The molecule has 0 unspecified atom stereocenters. The Morgan fingerprint density at radius 2 is 2.21 bits per heavy atom. The van der Waals surface area contributed by atoms with E-state index in [2.05, 4.69) is 14.9 Å². The van der Waals surface area contributed by atoms with Crippen LogP contribution in [0, 0.1) is 0 Å². The Bertz CT molecular complexity index is 675. The largest absolute Gasteiger partial charge is 0.390 e. The molecular weight excluding hydrogens is 288 g/mol. The molecule has 0 aliphatic carbocycles. The summed E-state index contributed by atoms with van der Waals surface area (Å²) >= 11 is 1.20. The van der Waals surface area contributed by atoms with E-state index in [1.54, 1.807) is 11.6 Å². The molecule has 0 saturated carbocycles. The highest BCUT2D eigenvalue weighted by molar-refractivity contribution is 7.93. The Labute approximate surface area is 115 Å². The second-order valence-corrected chi connectivity index (χ2v) is 6.64. The standard InChI is InChI=1S/C10H14N4O3S2/c1-3-9-11-12-10(18-9)13-19(16,17)8-4-7(6-15)14(2)5-8/h4-5,15H,3,6H2,1-2H3,(H,12,13). The van der Waals surface area contributed by atoms with E-state index < -0.39 is 10.0 Å². The van der Waals surface area contributed by atoms with Gasteiger partial charge in [-0.2, -0.15) is 0 Å². The fourth-order valence-electron chi connectivity index (χ4n) is 1.49. The zero-order valence-corrected chi connectivity index (χ0v) is 12.1. The molecule has 0 radical (unpaired) electrons. The molecule has 7 nitrogen and oxygen atoms in total. The number of aromatic nitrogens is 3. The molecule has 2 aromatic rings. The molecule has 0 aliphatic rings. The molecule has 19 heavy (non-hydrogen) atoms. The van der Waals surface area contributed by atoms with Gasteiger partial charge in [0.1, 0.15) is 9.90 Å². The maximum absolute atomic E-state index is 12.1. The van der Waals surface area contributed by atoms with Crippen LogP contribution in [-0.2, 0) is 30.1 Å². The van der Waals surface area contributed by atoms with Crippen LogP contribution in [0.2, 0.25) is 0 Å². The summed E-state index contributed by atoms with van der Waals surface area (Å²) in [5.74, 6) is 0. The van der Waals surface area contributed by atoms with Gasteiger partial charge >= 0.3 is 0 Å². The van der Waals surface area contributed by atoms with Crippen LogP contribution in [0.4, 0.5) is 5.13 Å². The molecule has 2 N–H and O–H groups in total. The van der Waals surface area contributed by atoms with Gasteiger partial charge in [-0.05, 0) is 12.5 Å². The van der Waals surface area contributed by atoms with Gasteiger partial charge in [0.15, 0.2) is 0 Å². The molecule has 2 aromatic heterocycles. The van der Waals surface area contributed by atoms with E-state index in [4.69, 9.17) is 5.11 Å². The zero-order valence-electron chi connectivity index (χ0n) is 10.5. The van der Waals surface area contributed by atoms with E-state index >= 15 is 0 Å². The molecule has 0 atom stereocenters. The average Bonchev–Trinajstić information content (AvgIpc) is 2.95. The van der Waals surface area contributed by atoms with E-state index in [0.717, 1.165) is 5.01 Å². The molecule has 9 heteroatoms. The van der Waals surface area contributed by atoms with Crippen molar-refractivity contribution in [1.29, 1.82) is 0 Å². The van der Waals surface area contributed by atoms with Gasteiger partial charge in [0, 0.05) is 18.9 Å². The van der Waals surface area contributed by atoms with Crippen molar-refractivity contribution in [1.82, 2.24) is 14.8 Å². The summed E-state index contributed by atoms with van der Waals surface area (Å²) in [4.78, 5) is 0.0901. The molecular formula is C10H14N4O3S2. The van der Waals surface area contributed by atoms with Gasteiger partial charge < -0.3 is 9.67 Å². The predicted octanol–water partition coefficient (Wildman–Crippen LogP) is 0.732. The monoisotopic (exact) mass is 302 g/mol. The summed E-state index contributed by atoms with van der Waals surface area (Å²) in [7, 11) is -2.02. The van der Waals surface area contributed by atoms with Crippen LogP contribution < -0.4 is 4.72 Å². The topological polar surface area (TPSA) is 97.1 Å². The number of nitrogens with zero attached hydrogens (tertiary/aromatic N) is 3. The van der Waals surface area contributed by atoms with Crippen molar-refractivity contribution in [2.75, 3.05) is 4.72 Å². The number of aliphatic hydroxyl groups is 1. The maximum atomic E-state index is 12.1. The van der Waals surface area contributed by atoms with Crippen LogP contribution >= 0.6 is 11.3 Å².